The summed E-state index contributed by atoms with van der Waals surface area (Å²) in [6.07, 6.45) is 4.90. The smallest absolute Gasteiger partial charge is 0.259 e. The van der Waals surface area contributed by atoms with Crippen LogP contribution in [0, 0.1) is 13.8 Å². The number of pyridine rings is 1. The zero-order valence-electron chi connectivity index (χ0n) is 12.6. The van der Waals surface area contributed by atoms with Crippen LogP contribution in [0.4, 0.5) is 5.82 Å². The molecule has 108 valence electrons. The van der Waals surface area contributed by atoms with Gasteiger partial charge in [0.25, 0.3) is 5.91 Å². The van der Waals surface area contributed by atoms with Gasteiger partial charge >= 0.3 is 0 Å². The largest absolute Gasteiger partial charge is 0.292 e. The predicted molar refractivity (Wildman–Crippen MR) is 84.8 cm³/mol. The number of benzene rings is 1. The van der Waals surface area contributed by atoms with Crippen molar-refractivity contribution in [2.45, 2.75) is 33.1 Å². The molecule has 2 heterocycles. The molecule has 21 heavy (non-hydrogen) atoms. The monoisotopic (exact) mass is 280 g/mol. The summed E-state index contributed by atoms with van der Waals surface area (Å²) in [6.45, 7) is 4.75. The molecular formula is C18H20N2O. The lowest BCUT2D eigenvalue weighted by atomic mass is 10.0. The highest BCUT2D eigenvalue weighted by Gasteiger charge is 2.24. The molecule has 0 unspecified atom stereocenters. The predicted octanol–water partition coefficient (Wildman–Crippen LogP) is 3.68. The molecule has 0 saturated carbocycles. The number of carbonyl (C=O) groups is 1. The van der Waals surface area contributed by atoms with Gasteiger partial charge in [0.2, 0.25) is 0 Å². The second kappa shape index (κ2) is 5.68. The van der Waals surface area contributed by atoms with Crippen molar-refractivity contribution < 1.29 is 4.79 Å². The molecule has 3 heteroatoms. The van der Waals surface area contributed by atoms with Gasteiger partial charge in [-0.05, 0) is 56.4 Å². The summed E-state index contributed by atoms with van der Waals surface area (Å²) in [5, 5.41) is 0. The third-order valence-corrected chi connectivity index (χ3v) is 4.07. The van der Waals surface area contributed by atoms with Crippen molar-refractivity contribution in [3.63, 3.8) is 0 Å². The molecule has 0 saturated heterocycles. The Labute approximate surface area is 125 Å². The highest BCUT2D eigenvalue weighted by Crippen LogP contribution is 2.26. The minimum Gasteiger partial charge on any atom is -0.292 e. The zero-order valence-corrected chi connectivity index (χ0v) is 12.6. The Balaban J connectivity index is 2.03. The van der Waals surface area contributed by atoms with Crippen LogP contribution in [0.1, 0.15) is 39.9 Å². The van der Waals surface area contributed by atoms with Gasteiger partial charge in [-0.3, -0.25) is 9.69 Å². The number of anilines is 1. The SMILES string of the molecule is Cc1ccc(C)c(C(=O)N2CCCCc3cccnc32)c1. The van der Waals surface area contributed by atoms with Gasteiger partial charge in [0, 0.05) is 18.3 Å². The summed E-state index contributed by atoms with van der Waals surface area (Å²) in [5.74, 6) is 0.902. The minimum atomic E-state index is 0.0676. The van der Waals surface area contributed by atoms with Gasteiger partial charge in [-0.1, -0.05) is 23.8 Å². The molecule has 0 bridgehead atoms. The summed E-state index contributed by atoms with van der Waals surface area (Å²) >= 11 is 0. The number of carbonyl (C=O) groups excluding carboxylic acids is 1. The lowest BCUT2D eigenvalue weighted by molar-refractivity contribution is 0.0985. The lowest BCUT2D eigenvalue weighted by Crippen LogP contribution is -2.33. The van der Waals surface area contributed by atoms with Crippen LogP contribution in [0.2, 0.25) is 0 Å². The van der Waals surface area contributed by atoms with Crippen LogP contribution in [0.5, 0.6) is 0 Å². The molecule has 0 aliphatic carbocycles. The lowest BCUT2D eigenvalue weighted by Gasteiger charge is -2.22. The Morgan fingerprint density at radius 2 is 2.05 bits per heavy atom. The Kier molecular flexibility index (Phi) is 3.74. The summed E-state index contributed by atoms with van der Waals surface area (Å²) in [7, 11) is 0. The molecule has 1 aromatic carbocycles. The van der Waals surface area contributed by atoms with Crippen LogP contribution in [-0.4, -0.2) is 17.4 Å². The fraction of sp³-hybridized carbons (Fsp3) is 0.333. The molecule has 1 aliphatic heterocycles. The maximum atomic E-state index is 13.0. The van der Waals surface area contributed by atoms with Crippen molar-refractivity contribution in [1.82, 2.24) is 4.98 Å². The number of amides is 1. The first kappa shape index (κ1) is 13.8. The molecule has 3 nitrogen and oxygen atoms in total. The normalized spacial score (nSPS) is 14.5. The van der Waals surface area contributed by atoms with E-state index in [1.54, 1.807) is 6.20 Å². The first-order valence-corrected chi connectivity index (χ1v) is 7.50. The molecule has 1 aliphatic rings. The van der Waals surface area contributed by atoms with Gasteiger partial charge in [-0.15, -0.1) is 0 Å². The minimum absolute atomic E-state index is 0.0676. The maximum absolute atomic E-state index is 13.0. The number of aryl methyl sites for hydroxylation is 3. The number of hydrogen-bond donors (Lipinski definition) is 0. The molecule has 3 rings (SSSR count). The molecule has 0 fully saturated rings. The summed E-state index contributed by atoms with van der Waals surface area (Å²) in [5.41, 5.74) is 4.09. The average molecular weight is 280 g/mol. The Morgan fingerprint density at radius 1 is 1.19 bits per heavy atom. The molecule has 0 spiro atoms. The van der Waals surface area contributed by atoms with Crippen molar-refractivity contribution in [2.75, 3.05) is 11.4 Å². The van der Waals surface area contributed by atoms with E-state index in [2.05, 4.69) is 11.1 Å². The Bertz CT molecular complexity index is 679. The van der Waals surface area contributed by atoms with Gasteiger partial charge in [0.15, 0.2) is 0 Å². The molecule has 2 aromatic rings. The summed E-state index contributed by atoms with van der Waals surface area (Å²) < 4.78 is 0. The Morgan fingerprint density at radius 3 is 2.90 bits per heavy atom. The van der Waals surface area contributed by atoms with Crippen LogP contribution >= 0.6 is 0 Å². The Hall–Kier alpha value is -2.16. The van der Waals surface area contributed by atoms with Crippen molar-refractivity contribution >= 4 is 11.7 Å². The van der Waals surface area contributed by atoms with Crippen molar-refractivity contribution in [3.8, 4) is 0 Å². The first-order chi connectivity index (χ1) is 10.2. The molecule has 1 amide bonds. The fourth-order valence-electron chi connectivity index (χ4n) is 2.87. The number of aromatic nitrogens is 1. The molecule has 0 radical (unpaired) electrons. The van der Waals surface area contributed by atoms with E-state index < -0.39 is 0 Å². The first-order valence-electron chi connectivity index (χ1n) is 7.50. The molecule has 0 atom stereocenters. The fourth-order valence-corrected chi connectivity index (χ4v) is 2.87. The second-order valence-electron chi connectivity index (χ2n) is 5.72. The third-order valence-electron chi connectivity index (χ3n) is 4.07. The number of rotatable bonds is 1. The van der Waals surface area contributed by atoms with Gasteiger partial charge in [0.05, 0.1) is 0 Å². The van der Waals surface area contributed by atoms with Crippen LogP contribution in [0.15, 0.2) is 36.5 Å². The number of fused-ring (bicyclic) bond motifs is 1. The molecular weight excluding hydrogens is 260 g/mol. The van der Waals surface area contributed by atoms with E-state index in [0.29, 0.717) is 0 Å². The van der Waals surface area contributed by atoms with Crippen molar-refractivity contribution in [1.29, 1.82) is 0 Å². The second-order valence-corrected chi connectivity index (χ2v) is 5.72. The van der Waals surface area contributed by atoms with E-state index in [-0.39, 0.29) is 5.91 Å². The highest BCUT2D eigenvalue weighted by atomic mass is 16.2. The van der Waals surface area contributed by atoms with Gasteiger partial charge in [-0.25, -0.2) is 4.98 Å². The highest BCUT2D eigenvalue weighted by molar-refractivity contribution is 6.07. The number of hydrogen-bond acceptors (Lipinski definition) is 2. The summed E-state index contributed by atoms with van der Waals surface area (Å²) in [6, 6.07) is 10.1. The van der Waals surface area contributed by atoms with Gasteiger partial charge < -0.3 is 0 Å². The average Bonchev–Trinajstić information content (AvgIpc) is 2.71. The van der Waals surface area contributed by atoms with Crippen molar-refractivity contribution in [3.05, 3.63) is 58.8 Å². The van der Waals surface area contributed by atoms with Crippen LogP contribution in [0.3, 0.4) is 0 Å². The van der Waals surface area contributed by atoms with Crippen molar-refractivity contribution in [2.24, 2.45) is 0 Å². The number of nitrogens with zero attached hydrogens (tertiary/aromatic N) is 2. The topological polar surface area (TPSA) is 33.2 Å². The van der Waals surface area contributed by atoms with E-state index in [1.165, 1.54) is 5.56 Å². The summed E-state index contributed by atoms with van der Waals surface area (Å²) in [4.78, 5) is 19.3. The van der Waals surface area contributed by atoms with Gasteiger partial charge in [0.1, 0.15) is 5.82 Å². The molecule has 0 N–H and O–H groups in total. The molecule has 1 aromatic heterocycles. The van der Waals surface area contributed by atoms with Crippen LogP contribution < -0.4 is 4.90 Å². The van der Waals surface area contributed by atoms with E-state index in [4.69, 9.17) is 0 Å². The van der Waals surface area contributed by atoms with E-state index in [9.17, 15) is 4.79 Å². The third kappa shape index (κ3) is 2.68. The maximum Gasteiger partial charge on any atom is 0.259 e. The van der Waals surface area contributed by atoms with Crippen LogP contribution in [0.25, 0.3) is 0 Å². The van der Waals surface area contributed by atoms with Crippen LogP contribution in [-0.2, 0) is 6.42 Å². The quantitative estimate of drug-likeness (QED) is 0.798. The van der Waals surface area contributed by atoms with E-state index in [0.717, 1.165) is 48.3 Å². The zero-order chi connectivity index (χ0) is 14.8. The van der Waals surface area contributed by atoms with Gasteiger partial charge in [-0.2, -0.15) is 0 Å². The van der Waals surface area contributed by atoms with E-state index >= 15 is 0 Å². The van der Waals surface area contributed by atoms with E-state index in [1.807, 2.05) is 43.0 Å². The standard InChI is InChI=1S/C18H20N2O/c1-13-8-9-14(2)16(12-13)18(21)20-11-4-3-6-15-7-5-10-19-17(15)20/h5,7-10,12H,3-4,6,11H2,1-2H3.